The summed E-state index contributed by atoms with van der Waals surface area (Å²) in [5.74, 6) is 1.15. The summed E-state index contributed by atoms with van der Waals surface area (Å²) in [4.78, 5) is 12.9. The Morgan fingerprint density at radius 2 is 2.18 bits per heavy atom. The number of nitrogens with zero attached hydrogens (tertiary/aromatic N) is 1. The molecule has 1 atom stereocenters. The summed E-state index contributed by atoms with van der Waals surface area (Å²) in [5.41, 5.74) is 5.34. The van der Waals surface area contributed by atoms with E-state index in [1.54, 1.807) is 11.3 Å². The molecule has 114 valence electrons. The highest BCUT2D eigenvalue weighted by atomic mass is 32.1. The largest absolute Gasteiger partial charge is 0.342 e. The van der Waals surface area contributed by atoms with E-state index in [1.807, 2.05) is 6.92 Å². The SMILES string of the molecule is Cc1[nH]nc2c1[C@@H](c1ccsc1)C1=C(CC(C)(C)CC1=O)N2. The molecule has 2 aromatic heterocycles. The second-order valence-electron chi connectivity index (χ2n) is 7.06. The molecule has 3 heterocycles. The van der Waals surface area contributed by atoms with Crippen molar-refractivity contribution in [2.75, 3.05) is 5.32 Å². The van der Waals surface area contributed by atoms with Gasteiger partial charge in [0.25, 0.3) is 0 Å². The van der Waals surface area contributed by atoms with Gasteiger partial charge >= 0.3 is 0 Å². The molecule has 0 saturated carbocycles. The summed E-state index contributed by atoms with van der Waals surface area (Å²) < 4.78 is 0. The Kier molecular flexibility index (Phi) is 2.85. The molecular weight excluding hydrogens is 294 g/mol. The standard InChI is InChI=1S/C17H19N3OS/c1-9-13-14(10-4-5-22-8-10)15-11(18-16(13)20-19-9)6-17(2,3)7-12(15)21/h4-5,8,14H,6-7H2,1-3H3,(H2,18,19,20)/t14-/m1/s1. The van der Waals surface area contributed by atoms with Crippen molar-refractivity contribution in [3.63, 3.8) is 0 Å². The number of aryl methyl sites for hydroxylation is 1. The molecule has 0 bridgehead atoms. The Hall–Kier alpha value is -1.88. The minimum atomic E-state index is 0.00493. The number of aromatic amines is 1. The van der Waals surface area contributed by atoms with Gasteiger partial charge in [0.15, 0.2) is 11.6 Å². The molecule has 22 heavy (non-hydrogen) atoms. The first-order valence-corrected chi connectivity index (χ1v) is 8.51. The number of anilines is 1. The number of ketones is 1. The van der Waals surface area contributed by atoms with Crippen LogP contribution in [0.4, 0.5) is 5.82 Å². The second-order valence-corrected chi connectivity index (χ2v) is 7.84. The van der Waals surface area contributed by atoms with Crippen LogP contribution in [0.2, 0.25) is 0 Å². The van der Waals surface area contributed by atoms with E-state index in [9.17, 15) is 4.79 Å². The Morgan fingerprint density at radius 3 is 2.91 bits per heavy atom. The van der Waals surface area contributed by atoms with Crippen molar-refractivity contribution >= 4 is 22.9 Å². The molecule has 0 fully saturated rings. The quantitative estimate of drug-likeness (QED) is 0.837. The lowest BCUT2D eigenvalue weighted by Gasteiger charge is -2.38. The average Bonchev–Trinajstić information content (AvgIpc) is 3.05. The van der Waals surface area contributed by atoms with Crippen molar-refractivity contribution in [2.24, 2.45) is 5.41 Å². The van der Waals surface area contributed by atoms with Gasteiger partial charge in [0.05, 0.1) is 0 Å². The Balaban J connectivity index is 1.94. The van der Waals surface area contributed by atoms with Gasteiger partial charge in [0.2, 0.25) is 0 Å². The third-order valence-corrected chi connectivity index (χ3v) is 5.34. The third-order valence-electron chi connectivity index (χ3n) is 4.64. The van der Waals surface area contributed by atoms with Crippen molar-refractivity contribution < 1.29 is 4.79 Å². The zero-order chi connectivity index (χ0) is 15.5. The first-order chi connectivity index (χ1) is 10.5. The molecule has 0 aromatic carbocycles. The molecule has 2 aromatic rings. The van der Waals surface area contributed by atoms with Crippen LogP contribution in [0.25, 0.3) is 0 Å². The summed E-state index contributed by atoms with van der Waals surface area (Å²) in [5, 5.41) is 15.1. The minimum Gasteiger partial charge on any atom is -0.342 e. The van der Waals surface area contributed by atoms with Gasteiger partial charge in [-0.2, -0.15) is 16.4 Å². The number of thiophene rings is 1. The molecule has 2 N–H and O–H groups in total. The van der Waals surface area contributed by atoms with Gasteiger partial charge < -0.3 is 5.32 Å². The van der Waals surface area contributed by atoms with Crippen molar-refractivity contribution in [1.82, 2.24) is 10.2 Å². The smallest absolute Gasteiger partial charge is 0.162 e. The molecule has 2 aliphatic rings. The van der Waals surface area contributed by atoms with Gasteiger partial charge in [0, 0.05) is 34.9 Å². The van der Waals surface area contributed by atoms with Crippen LogP contribution in [-0.2, 0) is 4.79 Å². The maximum absolute atomic E-state index is 12.9. The van der Waals surface area contributed by atoms with E-state index in [0.717, 1.165) is 34.8 Å². The molecule has 4 rings (SSSR count). The first-order valence-electron chi connectivity index (χ1n) is 7.56. The van der Waals surface area contributed by atoms with Crippen LogP contribution in [0.5, 0.6) is 0 Å². The second kappa shape index (κ2) is 4.56. The Morgan fingerprint density at radius 1 is 1.36 bits per heavy atom. The van der Waals surface area contributed by atoms with Crippen LogP contribution in [0.1, 0.15) is 49.4 Å². The van der Waals surface area contributed by atoms with E-state index < -0.39 is 0 Å². The van der Waals surface area contributed by atoms with Crippen LogP contribution in [0, 0.1) is 12.3 Å². The van der Waals surface area contributed by atoms with E-state index in [1.165, 1.54) is 5.56 Å². The highest BCUT2D eigenvalue weighted by Crippen LogP contribution is 2.49. The van der Waals surface area contributed by atoms with Crippen LogP contribution in [0.3, 0.4) is 0 Å². The molecule has 0 spiro atoms. The van der Waals surface area contributed by atoms with E-state index in [2.05, 4.69) is 46.2 Å². The average molecular weight is 313 g/mol. The van der Waals surface area contributed by atoms with Crippen molar-refractivity contribution in [1.29, 1.82) is 0 Å². The van der Waals surface area contributed by atoms with Crippen molar-refractivity contribution in [3.8, 4) is 0 Å². The number of hydrogen-bond acceptors (Lipinski definition) is 4. The summed E-state index contributed by atoms with van der Waals surface area (Å²) in [6.45, 7) is 6.33. The van der Waals surface area contributed by atoms with Crippen LogP contribution in [-0.4, -0.2) is 16.0 Å². The normalized spacial score (nSPS) is 23.0. The summed E-state index contributed by atoms with van der Waals surface area (Å²) >= 11 is 1.67. The maximum atomic E-state index is 12.9. The van der Waals surface area contributed by atoms with Gasteiger partial charge in [-0.05, 0) is 41.1 Å². The van der Waals surface area contributed by atoms with Gasteiger partial charge in [-0.25, -0.2) is 0 Å². The monoisotopic (exact) mass is 313 g/mol. The van der Waals surface area contributed by atoms with Gasteiger partial charge in [-0.1, -0.05) is 13.8 Å². The van der Waals surface area contributed by atoms with Gasteiger partial charge in [0.1, 0.15) is 0 Å². The molecular formula is C17H19N3OS. The Labute approximate surface area is 133 Å². The Bertz CT molecular complexity index is 783. The van der Waals surface area contributed by atoms with Crippen LogP contribution < -0.4 is 5.32 Å². The first kappa shape index (κ1) is 13.8. The van der Waals surface area contributed by atoms with Crippen LogP contribution in [0.15, 0.2) is 28.1 Å². The lowest BCUT2D eigenvalue weighted by Crippen LogP contribution is -2.33. The molecule has 1 aliphatic heterocycles. The lowest BCUT2D eigenvalue weighted by molar-refractivity contribution is -0.118. The van der Waals surface area contributed by atoms with Crippen molar-refractivity contribution in [3.05, 3.63) is 44.9 Å². The maximum Gasteiger partial charge on any atom is 0.162 e. The van der Waals surface area contributed by atoms with Crippen molar-refractivity contribution in [2.45, 2.75) is 39.5 Å². The lowest BCUT2D eigenvalue weighted by atomic mass is 9.69. The number of fused-ring (bicyclic) bond motifs is 1. The fraction of sp³-hybridized carbons (Fsp3) is 0.412. The summed E-state index contributed by atoms with van der Waals surface area (Å²) in [6.07, 6.45) is 1.50. The van der Waals surface area contributed by atoms with Gasteiger partial charge in [-0.3, -0.25) is 9.89 Å². The minimum absolute atomic E-state index is 0.00493. The summed E-state index contributed by atoms with van der Waals surface area (Å²) in [6, 6.07) is 2.12. The highest BCUT2D eigenvalue weighted by molar-refractivity contribution is 7.08. The molecule has 0 unspecified atom stereocenters. The fourth-order valence-electron chi connectivity index (χ4n) is 3.73. The van der Waals surface area contributed by atoms with E-state index in [0.29, 0.717) is 6.42 Å². The number of Topliss-reactive ketones (excluding diaryl/α,β-unsaturated/α-hetero) is 1. The van der Waals surface area contributed by atoms with E-state index >= 15 is 0 Å². The number of carbonyl (C=O) groups excluding carboxylic acids is 1. The fourth-order valence-corrected chi connectivity index (χ4v) is 4.41. The number of allylic oxidation sites excluding steroid dienone is 2. The zero-order valence-electron chi connectivity index (χ0n) is 13.0. The summed E-state index contributed by atoms with van der Waals surface area (Å²) in [7, 11) is 0. The number of aromatic nitrogens is 2. The van der Waals surface area contributed by atoms with Gasteiger partial charge in [-0.15, -0.1) is 0 Å². The van der Waals surface area contributed by atoms with E-state index in [-0.39, 0.29) is 17.1 Å². The predicted octanol–water partition coefficient (Wildman–Crippen LogP) is 3.98. The molecule has 4 nitrogen and oxygen atoms in total. The molecule has 0 amide bonds. The number of H-pyrrole nitrogens is 1. The third kappa shape index (κ3) is 1.96. The number of rotatable bonds is 1. The van der Waals surface area contributed by atoms with E-state index in [4.69, 9.17) is 0 Å². The highest BCUT2D eigenvalue weighted by Gasteiger charge is 2.42. The predicted molar refractivity (Wildman–Crippen MR) is 88.2 cm³/mol. The van der Waals surface area contributed by atoms with Crippen LogP contribution >= 0.6 is 11.3 Å². The molecule has 0 saturated heterocycles. The number of carbonyl (C=O) groups is 1. The topological polar surface area (TPSA) is 57.8 Å². The number of nitrogens with one attached hydrogen (secondary N) is 2. The molecule has 5 heteroatoms. The molecule has 0 radical (unpaired) electrons. The molecule has 1 aliphatic carbocycles. The number of hydrogen-bond donors (Lipinski definition) is 2. The zero-order valence-corrected chi connectivity index (χ0v) is 13.8.